The highest BCUT2D eigenvalue weighted by molar-refractivity contribution is 5.93. The summed E-state index contributed by atoms with van der Waals surface area (Å²) in [4.78, 5) is 41.1. The van der Waals surface area contributed by atoms with Crippen molar-refractivity contribution in [3.05, 3.63) is 47.2 Å². The normalized spacial score (nSPS) is 23.8. The maximum Gasteiger partial charge on any atom is 0.319 e. The van der Waals surface area contributed by atoms with E-state index in [0.717, 1.165) is 38.8 Å². The smallest absolute Gasteiger partial charge is 0.319 e. The molecular weight excluding hydrogens is 594 g/mol. The van der Waals surface area contributed by atoms with E-state index in [1.165, 1.54) is 11.1 Å². The number of halogens is 2. The molecule has 3 fully saturated rings. The molecule has 46 heavy (non-hydrogen) atoms. The van der Waals surface area contributed by atoms with Gasteiger partial charge in [0.05, 0.1) is 12.7 Å². The van der Waals surface area contributed by atoms with E-state index in [1.54, 1.807) is 15.9 Å². The molecule has 0 bridgehead atoms. The molecule has 4 aliphatic rings. The SMILES string of the molecule is CCCCCOc1nc(NC2CCN(C(=O)C3CC(F)(F)C3)CC2)cc(C(=O)N2CC[C@@H](N3CCc4ccccc4C3)[C@H](O)C2)n1. The molecule has 0 radical (unpaired) electrons. The van der Waals surface area contributed by atoms with Crippen molar-refractivity contribution >= 4 is 17.6 Å². The van der Waals surface area contributed by atoms with Crippen LogP contribution >= 0.6 is 0 Å². The number of carbonyl (C=O) groups excluding carboxylic acids is 2. The van der Waals surface area contributed by atoms with Crippen LogP contribution in [-0.4, -0.2) is 105 Å². The Bertz CT molecular complexity index is 1380. The Balaban J connectivity index is 1.08. The fourth-order valence-corrected chi connectivity index (χ4v) is 7.23. The number of amides is 2. The van der Waals surface area contributed by atoms with E-state index in [0.29, 0.717) is 51.3 Å². The predicted octanol–water partition coefficient (Wildman–Crippen LogP) is 4.13. The van der Waals surface area contributed by atoms with E-state index in [-0.39, 0.29) is 55.0 Å². The Kier molecular flexibility index (Phi) is 10.0. The molecule has 6 rings (SSSR count). The quantitative estimate of drug-likeness (QED) is 0.373. The number of nitrogens with one attached hydrogen (secondary N) is 1. The maximum absolute atomic E-state index is 13.8. The van der Waals surface area contributed by atoms with Crippen LogP contribution in [0.4, 0.5) is 14.6 Å². The number of aliphatic hydroxyl groups is 1. The summed E-state index contributed by atoms with van der Waals surface area (Å²) in [6.07, 6.45) is 4.40. The number of aromatic nitrogens is 2. The largest absolute Gasteiger partial charge is 0.463 e. The highest BCUT2D eigenvalue weighted by Gasteiger charge is 2.50. The summed E-state index contributed by atoms with van der Waals surface area (Å²) < 4.78 is 32.5. The molecule has 0 spiro atoms. The van der Waals surface area contributed by atoms with Crippen LogP contribution in [0.15, 0.2) is 30.3 Å². The van der Waals surface area contributed by atoms with Gasteiger partial charge in [-0.2, -0.15) is 9.97 Å². The van der Waals surface area contributed by atoms with E-state index in [4.69, 9.17) is 4.74 Å². The zero-order valence-corrected chi connectivity index (χ0v) is 26.7. The van der Waals surface area contributed by atoms with Crippen molar-refractivity contribution in [1.82, 2.24) is 24.7 Å². The molecule has 1 aromatic heterocycles. The lowest BCUT2D eigenvalue weighted by Crippen LogP contribution is -2.56. The lowest BCUT2D eigenvalue weighted by atomic mass is 9.80. The number of aliphatic hydroxyl groups excluding tert-OH is 1. The molecule has 1 aliphatic carbocycles. The first-order valence-electron chi connectivity index (χ1n) is 16.9. The first kappa shape index (κ1) is 32.6. The molecular formula is C34H46F2N6O4. The number of anilines is 1. The van der Waals surface area contributed by atoms with Gasteiger partial charge in [0.2, 0.25) is 11.8 Å². The molecule has 250 valence electrons. The van der Waals surface area contributed by atoms with E-state index in [2.05, 4.69) is 51.4 Å². The molecule has 0 unspecified atom stereocenters. The van der Waals surface area contributed by atoms with Gasteiger partial charge in [0.1, 0.15) is 11.5 Å². The van der Waals surface area contributed by atoms with Crippen molar-refractivity contribution < 1.29 is 28.2 Å². The summed E-state index contributed by atoms with van der Waals surface area (Å²) in [5, 5.41) is 14.6. The van der Waals surface area contributed by atoms with Crippen molar-refractivity contribution in [1.29, 1.82) is 0 Å². The molecule has 2 saturated heterocycles. The number of β-amino-alcohol motifs (C(OH)–C–C–N with tert-alkyl or cyclic N) is 1. The van der Waals surface area contributed by atoms with Crippen molar-refractivity contribution in [3.8, 4) is 6.01 Å². The molecule has 4 heterocycles. The van der Waals surface area contributed by atoms with Gasteiger partial charge < -0.3 is 25.0 Å². The van der Waals surface area contributed by atoms with Gasteiger partial charge in [-0.15, -0.1) is 0 Å². The van der Waals surface area contributed by atoms with Crippen LogP contribution in [0, 0.1) is 5.92 Å². The lowest BCUT2D eigenvalue weighted by molar-refractivity contribution is -0.160. The number of benzene rings is 1. The van der Waals surface area contributed by atoms with Gasteiger partial charge in [-0.1, -0.05) is 44.0 Å². The molecule has 10 nitrogen and oxygen atoms in total. The summed E-state index contributed by atoms with van der Waals surface area (Å²) in [7, 11) is 0. The Labute approximate surface area is 269 Å². The van der Waals surface area contributed by atoms with Gasteiger partial charge >= 0.3 is 6.01 Å². The Morgan fingerprint density at radius 1 is 1.02 bits per heavy atom. The number of likely N-dealkylation sites (tertiary alicyclic amines) is 2. The van der Waals surface area contributed by atoms with Crippen molar-refractivity contribution in [2.75, 3.05) is 44.6 Å². The van der Waals surface area contributed by atoms with Crippen LogP contribution in [0.2, 0.25) is 0 Å². The predicted molar refractivity (Wildman–Crippen MR) is 169 cm³/mol. The molecule has 1 aromatic carbocycles. The monoisotopic (exact) mass is 640 g/mol. The molecule has 2 aromatic rings. The molecule has 12 heteroatoms. The number of hydrogen-bond donors (Lipinski definition) is 2. The fraction of sp³-hybridized carbons (Fsp3) is 0.647. The highest BCUT2D eigenvalue weighted by atomic mass is 19.3. The number of piperidine rings is 2. The Morgan fingerprint density at radius 3 is 2.48 bits per heavy atom. The molecule has 1 saturated carbocycles. The second-order valence-corrected chi connectivity index (χ2v) is 13.3. The zero-order chi connectivity index (χ0) is 32.3. The summed E-state index contributed by atoms with van der Waals surface area (Å²) in [6.45, 7) is 5.92. The van der Waals surface area contributed by atoms with Gasteiger partial charge in [-0.25, -0.2) is 8.78 Å². The molecule has 2 atom stereocenters. The number of unbranched alkanes of at least 4 members (excludes halogenated alkanes) is 2. The average molecular weight is 641 g/mol. The number of carbonyl (C=O) groups is 2. The van der Waals surface area contributed by atoms with Crippen molar-refractivity contribution in [2.45, 2.75) is 95.4 Å². The first-order valence-corrected chi connectivity index (χ1v) is 16.9. The van der Waals surface area contributed by atoms with Crippen molar-refractivity contribution in [2.24, 2.45) is 5.92 Å². The third kappa shape index (κ3) is 7.60. The second kappa shape index (κ2) is 14.2. The molecule has 3 aliphatic heterocycles. The van der Waals surface area contributed by atoms with E-state index >= 15 is 0 Å². The van der Waals surface area contributed by atoms with Gasteiger partial charge in [0.25, 0.3) is 5.91 Å². The first-order chi connectivity index (χ1) is 22.2. The minimum Gasteiger partial charge on any atom is -0.463 e. The van der Waals surface area contributed by atoms with Gasteiger partial charge in [0, 0.05) is 76.2 Å². The highest BCUT2D eigenvalue weighted by Crippen LogP contribution is 2.43. The topological polar surface area (TPSA) is 111 Å². The third-order valence-corrected chi connectivity index (χ3v) is 9.96. The summed E-state index contributed by atoms with van der Waals surface area (Å²) in [5.74, 6) is -3.29. The van der Waals surface area contributed by atoms with E-state index in [9.17, 15) is 23.5 Å². The number of nitrogens with zero attached hydrogens (tertiary/aromatic N) is 5. The number of hydrogen-bond acceptors (Lipinski definition) is 8. The average Bonchev–Trinajstić information content (AvgIpc) is 3.05. The van der Waals surface area contributed by atoms with Crippen LogP contribution < -0.4 is 10.1 Å². The van der Waals surface area contributed by atoms with Gasteiger partial charge in [-0.3, -0.25) is 14.5 Å². The molecule has 2 N–H and O–H groups in total. The number of rotatable bonds is 10. The van der Waals surface area contributed by atoms with Crippen LogP contribution in [0.1, 0.15) is 79.9 Å². The van der Waals surface area contributed by atoms with Gasteiger partial charge in [-0.05, 0) is 43.2 Å². The third-order valence-electron chi connectivity index (χ3n) is 9.96. The lowest BCUT2D eigenvalue weighted by Gasteiger charge is -2.43. The van der Waals surface area contributed by atoms with Crippen molar-refractivity contribution in [3.63, 3.8) is 0 Å². The summed E-state index contributed by atoms with van der Waals surface area (Å²) in [6, 6.07) is 10.2. The van der Waals surface area contributed by atoms with Crippen LogP contribution in [0.25, 0.3) is 0 Å². The standard InChI is InChI=1S/C34H46F2N6O4/c1-2-3-6-17-46-33-38-27(18-30(39-33)37-26-10-14-40(15-11-26)31(44)25-19-34(35,36)20-25)32(45)42-16-12-28(29(43)22-42)41-13-9-23-7-4-5-8-24(23)21-41/h4-5,7-8,18,25-26,28-29,43H,2-3,6,9-17,19-22H2,1H3,(H,37,38,39)/t28-,29-/m1/s1. The molecule has 2 amide bonds. The number of fused-ring (bicyclic) bond motifs is 1. The number of alkyl halides is 2. The van der Waals surface area contributed by atoms with Crippen LogP contribution in [0.3, 0.4) is 0 Å². The second-order valence-electron chi connectivity index (χ2n) is 13.3. The summed E-state index contributed by atoms with van der Waals surface area (Å²) >= 11 is 0. The zero-order valence-electron chi connectivity index (χ0n) is 26.7. The number of ether oxygens (including phenoxy) is 1. The van der Waals surface area contributed by atoms with Gasteiger partial charge in [0.15, 0.2) is 0 Å². The maximum atomic E-state index is 13.8. The minimum atomic E-state index is -2.72. The Morgan fingerprint density at radius 2 is 1.76 bits per heavy atom. The van der Waals surface area contributed by atoms with Crippen LogP contribution in [0.5, 0.6) is 6.01 Å². The van der Waals surface area contributed by atoms with Crippen LogP contribution in [-0.2, 0) is 17.8 Å². The Hall–Kier alpha value is -3.38. The fourth-order valence-electron chi connectivity index (χ4n) is 7.23. The van der Waals surface area contributed by atoms with E-state index in [1.807, 2.05) is 0 Å². The van der Waals surface area contributed by atoms with E-state index < -0.39 is 17.9 Å². The summed E-state index contributed by atoms with van der Waals surface area (Å²) in [5.41, 5.74) is 2.87. The minimum absolute atomic E-state index is 0.00934.